The third-order valence-electron chi connectivity index (χ3n) is 6.69. The zero-order chi connectivity index (χ0) is 23.9. The van der Waals surface area contributed by atoms with Crippen LogP contribution >= 0.6 is 0 Å². The number of halogens is 1. The molecule has 1 amide bonds. The SMILES string of the molecule is Cc1ccc(-c2nn(-c3ccc(F)cc3)cc2C(=O)N2CCN([C@H]3CCS(=O)(=O)C3)CC2)cc1. The molecule has 1 atom stereocenters. The highest BCUT2D eigenvalue weighted by Gasteiger charge is 2.35. The van der Waals surface area contributed by atoms with Crippen LogP contribution in [0.25, 0.3) is 16.9 Å². The van der Waals surface area contributed by atoms with Crippen LogP contribution in [0.1, 0.15) is 22.3 Å². The van der Waals surface area contributed by atoms with Crippen molar-refractivity contribution < 1.29 is 17.6 Å². The fourth-order valence-corrected chi connectivity index (χ4v) is 6.47. The molecule has 178 valence electrons. The van der Waals surface area contributed by atoms with Gasteiger partial charge >= 0.3 is 0 Å². The summed E-state index contributed by atoms with van der Waals surface area (Å²) in [6.07, 6.45) is 2.37. The lowest BCUT2D eigenvalue weighted by Gasteiger charge is -2.37. The van der Waals surface area contributed by atoms with E-state index >= 15 is 0 Å². The molecular weight excluding hydrogens is 455 g/mol. The number of nitrogens with zero attached hydrogens (tertiary/aromatic N) is 4. The summed E-state index contributed by atoms with van der Waals surface area (Å²) in [6, 6.07) is 13.9. The van der Waals surface area contributed by atoms with Crippen LogP contribution in [-0.4, -0.2) is 77.6 Å². The first kappa shape index (κ1) is 22.7. The molecule has 2 saturated heterocycles. The second-order valence-electron chi connectivity index (χ2n) is 9.06. The normalized spacial score (nSPS) is 20.5. The largest absolute Gasteiger partial charge is 0.336 e. The minimum atomic E-state index is -2.94. The van der Waals surface area contributed by atoms with Gasteiger partial charge in [0.05, 0.1) is 22.8 Å². The van der Waals surface area contributed by atoms with E-state index in [1.165, 1.54) is 12.1 Å². The smallest absolute Gasteiger partial charge is 0.257 e. The van der Waals surface area contributed by atoms with Gasteiger partial charge in [0, 0.05) is 44.0 Å². The van der Waals surface area contributed by atoms with Gasteiger partial charge in [0.15, 0.2) is 9.84 Å². The van der Waals surface area contributed by atoms with Gasteiger partial charge in [-0.25, -0.2) is 17.5 Å². The van der Waals surface area contributed by atoms with Crippen LogP contribution in [0.3, 0.4) is 0 Å². The van der Waals surface area contributed by atoms with Gasteiger partial charge in [-0.15, -0.1) is 0 Å². The van der Waals surface area contributed by atoms with Crippen molar-refractivity contribution in [3.05, 3.63) is 71.7 Å². The second kappa shape index (κ2) is 8.96. The molecule has 0 spiro atoms. The molecule has 1 aromatic heterocycles. The van der Waals surface area contributed by atoms with Crippen LogP contribution in [0, 0.1) is 12.7 Å². The molecule has 0 N–H and O–H groups in total. The molecule has 2 fully saturated rings. The van der Waals surface area contributed by atoms with E-state index in [1.54, 1.807) is 23.0 Å². The van der Waals surface area contributed by atoms with Gasteiger partial charge in [-0.3, -0.25) is 9.69 Å². The van der Waals surface area contributed by atoms with Crippen LogP contribution in [0.15, 0.2) is 54.7 Å². The van der Waals surface area contributed by atoms with E-state index in [9.17, 15) is 17.6 Å². The average molecular weight is 483 g/mol. The summed E-state index contributed by atoms with van der Waals surface area (Å²) in [5, 5.41) is 4.69. The first-order valence-corrected chi connectivity index (χ1v) is 13.3. The molecule has 2 aliphatic heterocycles. The fourth-order valence-electron chi connectivity index (χ4n) is 4.71. The van der Waals surface area contributed by atoms with Crippen molar-refractivity contribution in [2.75, 3.05) is 37.7 Å². The molecule has 34 heavy (non-hydrogen) atoms. The number of carbonyl (C=O) groups excluding carboxylic acids is 1. The maximum Gasteiger partial charge on any atom is 0.257 e. The van der Waals surface area contributed by atoms with Crippen LogP contribution in [0.5, 0.6) is 0 Å². The van der Waals surface area contributed by atoms with Crippen molar-refractivity contribution in [1.82, 2.24) is 19.6 Å². The molecule has 3 heterocycles. The van der Waals surface area contributed by atoms with E-state index in [1.807, 2.05) is 36.1 Å². The Bertz CT molecular complexity index is 1290. The Hall–Kier alpha value is -3.04. The summed E-state index contributed by atoms with van der Waals surface area (Å²) in [6.45, 7) is 4.37. The maximum atomic E-state index is 13.6. The van der Waals surface area contributed by atoms with E-state index in [0.29, 0.717) is 49.5 Å². The Morgan fingerprint density at radius 1 is 1.00 bits per heavy atom. The third kappa shape index (κ3) is 4.63. The monoisotopic (exact) mass is 482 g/mol. The molecule has 0 radical (unpaired) electrons. The van der Waals surface area contributed by atoms with Crippen molar-refractivity contribution >= 4 is 15.7 Å². The van der Waals surface area contributed by atoms with Gasteiger partial charge in [-0.05, 0) is 37.6 Å². The molecule has 5 rings (SSSR count). The Morgan fingerprint density at radius 2 is 1.68 bits per heavy atom. The van der Waals surface area contributed by atoms with E-state index in [4.69, 9.17) is 0 Å². The lowest BCUT2D eigenvalue weighted by molar-refractivity contribution is 0.0588. The van der Waals surface area contributed by atoms with Crippen molar-refractivity contribution in [3.63, 3.8) is 0 Å². The number of piperazine rings is 1. The number of benzene rings is 2. The first-order valence-electron chi connectivity index (χ1n) is 11.5. The highest BCUT2D eigenvalue weighted by atomic mass is 32.2. The number of rotatable bonds is 4. The predicted molar refractivity (Wildman–Crippen MR) is 128 cm³/mol. The summed E-state index contributed by atoms with van der Waals surface area (Å²) in [5.74, 6) is 0.0175. The fraction of sp³-hybridized carbons (Fsp3) is 0.360. The van der Waals surface area contributed by atoms with Crippen molar-refractivity contribution in [2.24, 2.45) is 0 Å². The lowest BCUT2D eigenvalue weighted by atomic mass is 10.1. The van der Waals surface area contributed by atoms with Crippen molar-refractivity contribution in [3.8, 4) is 16.9 Å². The second-order valence-corrected chi connectivity index (χ2v) is 11.3. The van der Waals surface area contributed by atoms with Crippen molar-refractivity contribution in [2.45, 2.75) is 19.4 Å². The predicted octanol–water partition coefficient (Wildman–Crippen LogP) is 2.93. The number of hydrogen-bond donors (Lipinski definition) is 0. The standard InChI is InChI=1S/C25H27FN4O3S/c1-18-2-4-19(5-3-18)24-23(16-30(27-24)21-8-6-20(26)7-9-21)25(31)29-13-11-28(12-14-29)22-10-15-34(32,33)17-22/h2-9,16,22H,10-15,17H2,1H3/t22-/m0/s1. The molecule has 0 unspecified atom stereocenters. The Kier molecular flexibility index (Phi) is 5.99. The van der Waals surface area contributed by atoms with Gasteiger partial charge in [0.1, 0.15) is 11.5 Å². The molecular formula is C25H27FN4O3S. The summed E-state index contributed by atoms with van der Waals surface area (Å²) in [5.41, 5.74) is 3.69. The van der Waals surface area contributed by atoms with Crippen LogP contribution in [0.4, 0.5) is 4.39 Å². The van der Waals surface area contributed by atoms with E-state index in [0.717, 1.165) is 11.1 Å². The number of aromatic nitrogens is 2. The van der Waals surface area contributed by atoms with E-state index in [2.05, 4.69) is 10.00 Å². The topological polar surface area (TPSA) is 75.5 Å². The van der Waals surface area contributed by atoms with Gasteiger partial charge in [-0.2, -0.15) is 5.10 Å². The highest BCUT2D eigenvalue weighted by Crippen LogP contribution is 2.27. The molecule has 2 aromatic carbocycles. The molecule has 2 aliphatic rings. The van der Waals surface area contributed by atoms with Gasteiger partial charge in [0.2, 0.25) is 0 Å². The van der Waals surface area contributed by atoms with Gasteiger partial charge in [-0.1, -0.05) is 29.8 Å². The van der Waals surface area contributed by atoms with Crippen LogP contribution < -0.4 is 0 Å². The number of sulfone groups is 1. The average Bonchev–Trinajstić information content (AvgIpc) is 3.43. The molecule has 0 aliphatic carbocycles. The molecule has 0 saturated carbocycles. The molecule has 0 bridgehead atoms. The Labute approximate surface area is 198 Å². The summed E-state index contributed by atoms with van der Waals surface area (Å²) < 4.78 is 38.7. The van der Waals surface area contributed by atoms with E-state index in [-0.39, 0.29) is 29.3 Å². The first-order chi connectivity index (χ1) is 16.3. The summed E-state index contributed by atoms with van der Waals surface area (Å²) in [4.78, 5) is 17.6. The quantitative estimate of drug-likeness (QED) is 0.572. The Morgan fingerprint density at radius 3 is 2.29 bits per heavy atom. The lowest BCUT2D eigenvalue weighted by Crippen LogP contribution is -2.52. The van der Waals surface area contributed by atoms with Gasteiger partial charge < -0.3 is 4.90 Å². The number of amides is 1. The zero-order valence-electron chi connectivity index (χ0n) is 19.0. The van der Waals surface area contributed by atoms with Crippen LogP contribution in [0.2, 0.25) is 0 Å². The molecule has 7 nitrogen and oxygen atoms in total. The number of hydrogen-bond acceptors (Lipinski definition) is 5. The van der Waals surface area contributed by atoms with Crippen LogP contribution in [-0.2, 0) is 9.84 Å². The minimum Gasteiger partial charge on any atom is -0.336 e. The molecule has 3 aromatic rings. The third-order valence-corrected chi connectivity index (χ3v) is 8.44. The Balaban J connectivity index is 1.40. The highest BCUT2D eigenvalue weighted by molar-refractivity contribution is 7.91. The zero-order valence-corrected chi connectivity index (χ0v) is 19.8. The number of aryl methyl sites for hydroxylation is 1. The van der Waals surface area contributed by atoms with E-state index < -0.39 is 9.84 Å². The van der Waals surface area contributed by atoms with Crippen molar-refractivity contribution in [1.29, 1.82) is 0 Å². The summed E-state index contributed by atoms with van der Waals surface area (Å²) in [7, 11) is -2.94. The molecule has 9 heteroatoms. The minimum absolute atomic E-state index is 0.0478. The van der Waals surface area contributed by atoms with Gasteiger partial charge in [0.25, 0.3) is 5.91 Å². The number of carbonyl (C=O) groups is 1. The maximum absolute atomic E-state index is 13.6. The summed E-state index contributed by atoms with van der Waals surface area (Å²) >= 11 is 0.